The number of hydrogen-bond acceptors (Lipinski definition) is 4. The molecule has 1 unspecified atom stereocenters. The van der Waals surface area contributed by atoms with Gasteiger partial charge in [0.1, 0.15) is 5.82 Å². The average Bonchev–Trinajstić information content (AvgIpc) is 2.42. The van der Waals surface area contributed by atoms with Crippen LogP contribution >= 0.6 is 0 Å². The van der Waals surface area contributed by atoms with Gasteiger partial charge in [-0.3, -0.25) is 0 Å². The van der Waals surface area contributed by atoms with E-state index in [2.05, 4.69) is 15.3 Å². The van der Waals surface area contributed by atoms with E-state index >= 15 is 0 Å². The summed E-state index contributed by atoms with van der Waals surface area (Å²) in [4.78, 5) is 7.72. The number of aliphatic hydroxyl groups excluding tert-OH is 1. The van der Waals surface area contributed by atoms with Crippen molar-refractivity contribution in [3.05, 3.63) is 30.1 Å². The van der Waals surface area contributed by atoms with Crippen molar-refractivity contribution in [3.63, 3.8) is 0 Å². The Balaban J connectivity index is 2.33. The quantitative estimate of drug-likeness (QED) is 0.908. The predicted molar refractivity (Wildman–Crippen MR) is 78.4 cm³/mol. The number of aliphatic hydroxyl groups is 1. The number of hydrogen-bond donors (Lipinski definition) is 2. The standard InChI is InChI=1S/C15H19F2N3O/c1-15(2,3)11(21)8-18-13-9-6-4-5-7-10(9)19-14(20-13)12(16)17/h4-7,11-12,21H,8H2,1-3H3,(H,18,19,20). The van der Waals surface area contributed by atoms with Crippen molar-refractivity contribution in [2.24, 2.45) is 5.41 Å². The molecule has 2 N–H and O–H groups in total. The summed E-state index contributed by atoms with van der Waals surface area (Å²) >= 11 is 0. The summed E-state index contributed by atoms with van der Waals surface area (Å²) in [6.45, 7) is 5.94. The number of nitrogens with zero attached hydrogens (tertiary/aromatic N) is 2. The fraction of sp³-hybridized carbons (Fsp3) is 0.467. The molecule has 4 nitrogen and oxygen atoms in total. The molecule has 0 amide bonds. The van der Waals surface area contributed by atoms with Gasteiger partial charge in [-0.25, -0.2) is 18.7 Å². The highest BCUT2D eigenvalue weighted by molar-refractivity contribution is 5.89. The highest BCUT2D eigenvalue weighted by Gasteiger charge is 2.22. The molecule has 0 aliphatic carbocycles. The summed E-state index contributed by atoms with van der Waals surface area (Å²) in [7, 11) is 0. The van der Waals surface area contributed by atoms with E-state index in [-0.39, 0.29) is 12.0 Å². The Morgan fingerprint density at radius 1 is 1.19 bits per heavy atom. The van der Waals surface area contributed by atoms with Crippen LogP contribution in [0.2, 0.25) is 0 Å². The van der Waals surface area contributed by atoms with Crippen molar-refractivity contribution in [1.82, 2.24) is 9.97 Å². The highest BCUT2D eigenvalue weighted by atomic mass is 19.3. The zero-order chi connectivity index (χ0) is 15.6. The van der Waals surface area contributed by atoms with Crippen molar-refractivity contribution < 1.29 is 13.9 Å². The summed E-state index contributed by atoms with van der Waals surface area (Å²) in [5.41, 5.74) is 0.150. The van der Waals surface area contributed by atoms with Gasteiger partial charge in [-0.05, 0) is 17.5 Å². The third kappa shape index (κ3) is 3.64. The topological polar surface area (TPSA) is 58.0 Å². The van der Waals surface area contributed by atoms with Gasteiger partial charge >= 0.3 is 0 Å². The van der Waals surface area contributed by atoms with Crippen molar-refractivity contribution in [2.45, 2.75) is 33.3 Å². The molecule has 0 spiro atoms. The SMILES string of the molecule is CC(C)(C)C(O)CNc1nc(C(F)F)nc2ccccc12. The van der Waals surface area contributed by atoms with Gasteiger partial charge in [0.25, 0.3) is 6.43 Å². The molecule has 0 aliphatic heterocycles. The van der Waals surface area contributed by atoms with Crippen LogP contribution in [0.1, 0.15) is 33.0 Å². The largest absolute Gasteiger partial charge is 0.391 e. The van der Waals surface area contributed by atoms with E-state index in [0.29, 0.717) is 16.7 Å². The zero-order valence-corrected chi connectivity index (χ0v) is 12.3. The number of para-hydroxylation sites is 1. The van der Waals surface area contributed by atoms with E-state index in [1.54, 1.807) is 24.3 Å². The minimum absolute atomic E-state index is 0.229. The lowest BCUT2D eigenvalue weighted by Crippen LogP contribution is -2.33. The summed E-state index contributed by atoms with van der Waals surface area (Å²) < 4.78 is 25.7. The number of rotatable bonds is 4. The summed E-state index contributed by atoms with van der Waals surface area (Å²) in [5.74, 6) is -0.194. The summed E-state index contributed by atoms with van der Waals surface area (Å²) in [6.07, 6.45) is -3.36. The van der Waals surface area contributed by atoms with Crippen molar-refractivity contribution in [1.29, 1.82) is 0 Å². The molecule has 0 bridgehead atoms. The van der Waals surface area contributed by atoms with E-state index < -0.39 is 18.4 Å². The third-order valence-corrected chi connectivity index (χ3v) is 3.28. The first-order valence-electron chi connectivity index (χ1n) is 6.76. The number of halogens is 2. The van der Waals surface area contributed by atoms with Crippen LogP contribution in [0, 0.1) is 5.41 Å². The molecule has 1 atom stereocenters. The van der Waals surface area contributed by atoms with Crippen LogP contribution in [0.15, 0.2) is 24.3 Å². The van der Waals surface area contributed by atoms with Crippen LogP contribution < -0.4 is 5.32 Å². The molecular weight excluding hydrogens is 276 g/mol. The molecule has 0 fully saturated rings. The van der Waals surface area contributed by atoms with Gasteiger partial charge in [-0.15, -0.1) is 0 Å². The molecule has 6 heteroatoms. The fourth-order valence-electron chi connectivity index (χ4n) is 1.83. The second kappa shape index (κ2) is 5.89. The lowest BCUT2D eigenvalue weighted by Gasteiger charge is -2.26. The first kappa shape index (κ1) is 15.6. The number of anilines is 1. The van der Waals surface area contributed by atoms with E-state index in [1.807, 2.05) is 20.8 Å². The lowest BCUT2D eigenvalue weighted by molar-refractivity contribution is 0.0745. The second-order valence-electron chi connectivity index (χ2n) is 6.01. The van der Waals surface area contributed by atoms with Crippen LogP contribution in [0.5, 0.6) is 0 Å². The lowest BCUT2D eigenvalue weighted by atomic mass is 9.89. The Bertz CT molecular complexity index is 626. The molecule has 0 aliphatic rings. The maximum atomic E-state index is 12.9. The minimum Gasteiger partial charge on any atom is -0.391 e. The van der Waals surface area contributed by atoms with Crippen LogP contribution in [-0.4, -0.2) is 27.7 Å². The summed E-state index contributed by atoms with van der Waals surface area (Å²) in [5, 5.41) is 13.7. The first-order valence-corrected chi connectivity index (χ1v) is 6.76. The van der Waals surface area contributed by atoms with E-state index in [9.17, 15) is 13.9 Å². The number of alkyl halides is 2. The van der Waals surface area contributed by atoms with Gasteiger partial charge in [0.2, 0.25) is 0 Å². The van der Waals surface area contributed by atoms with Crippen molar-refractivity contribution >= 4 is 16.7 Å². The van der Waals surface area contributed by atoms with Gasteiger partial charge in [0.05, 0.1) is 11.6 Å². The Kier molecular flexibility index (Phi) is 4.37. The first-order chi connectivity index (χ1) is 9.79. The normalized spacial score (nSPS) is 13.7. The molecule has 2 rings (SSSR count). The van der Waals surface area contributed by atoms with Gasteiger partial charge < -0.3 is 10.4 Å². The Morgan fingerprint density at radius 2 is 1.86 bits per heavy atom. The molecular formula is C15H19F2N3O. The van der Waals surface area contributed by atoms with E-state index in [4.69, 9.17) is 0 Å². The molecule has 114 valence electrons. The Morgan fingerprint density at radius 3 is 2.48 bits per heavy atom. The molecule has 1 heterocycles. The molecule has 0 radical (unpaired) electrons. The van der Waals surface area contributed by atoms with Crippen LogP contribution in [0.3, 0.4) is 0 Å². The number of aromatic nitrogens is 2. The molecule has 1 aromatic heterocycles. The van der Waals surface area contributed by atoms with Crippen LogP contribution in [0.25, 0.3) is 10.9 Å². The molecule has 0 saturated carbocycles. The second-order valence-corrected chi connectivity index (χ2v) is 6.01. The number of nitrogens with one attached hydrogen (secondary N) is 1. The van der Waals surface area contributed by atoms with Crippen LogP contribution in [-0.2, 0) is 0 Å². The van der Waals surface area contributed by atoms with Gasteiger partial charge in [-0.2, -0.15) is 0 Å². The monoisotopic (exact) mass is 295 g/mol. The van der Waals surface area contributed by atoms with Gasteiger partial charge in [-0.1, -0.05) is 32.9 Å². The number of benzene rings is 1. The molecule has 2 aromatic rings. The average molecular weight is 295 g/mol. The maximum absolute atomic E-state index is 12.9. The predicted octanol–water partition coefficient (Wildman–Crippen LogP) is 3.39. The van der Waals surface area contributed by atoms with E-state index in [0.717, 1.165) is 0 Å². The molecule has 0 saturated heterocycles. The van der Waals surface area contributed by atoms with Crippen molar-refractivity contribution in [3.8, 4) is 0 Å². The van der Waals surface area contributed by atoms with Crippen LogP contribution in [0.4, 0.5) is 14.6 Å². The van der Waals surface area contributed by atoms with Gasteiger partial charge in [0.15, 0.2) is 5.82 Å². The van der Waals surface area contributed by atoms with Crippen molar-refractivity contribution in [2.75, 3.05) is 11.9 Å². The summed E-state index contributed by atoms with van der Waals surface area (Å²) in [6, 6.07) is 6.95. The third-order valence-electron chi connectivity index (χ3n) is 3.28. The molecule has 1 aromatic carbocycles. The fourth-order valence-corrected chi connectivity index (χ4v) is 1.83. The molecule has 21 heavy (non-hydrogen) atoms. The maximum Gasteiger partial charge on any atom is 0.297 e. The van der Waals surface area contributed by atoms with Gasteiger partial charge in [0, 0.05) is 11.9 Å². The highest BCUT2D eigenvalue weighted by Crippen LogP contribution is 2.25. The minimum atomic E-state index is -2.73. The van der Waals surface area contributed by atoms with E-state index in [1.165, 1.54) is 0 Å². The smallest absolute Gasteiger partial charge is 0.297 e. The zero-order valence-electron chi connectivity index (χ0n) is 12.3. The Labute approximate surface area is 122 Å². The number of fused-ring (bicyclic) bond motifs is 1. The Hall–Kier alpha value is -1.82.